The average molecular weight is 298 g/mol. The Bertz CT molecular complexity index is 769. The Morgan fingerprint density at radius 2 is 0.955 bits per heavy atom. The van der Waals surface area contributed by atoms with Crippen LogP contribution in [0.1, 0.15) is 0 Å². The minimum absolute atomic E-state index is 0.719. The van der Waals surface area contributed by atoms with E-state index in [9.17, 15) is 0 Å². The molecule has 0 aliphatic rings. The molecule has 0 N–H and O–H groups in total. The van der Waals surface area contributed by atoms with E-state index in [4.69, 9.17) is 18.9 Å². The van der Waals surface area contributed by atoms with Crippen molar-refractivity contribution in [2.45, 2.75) is 0 Å². The van der Waals surface area contributed by atoms with Gasteiger partial charge in [-0.05, 0) is 12.1 Å². The summed E-state index contributed by atoms with van der Waals surface area (Å²) in [6, 6.07) is 11.7. The Labute approximate surface area is 129 Å². The SMILES string of the molecule is COc1ccc(OC)c2c(OC)c3ccccc3c(OC)c12. The Kier molecular flexibility index (Phi) is 3.67. The smallest absolute Gasteiger partial charge is 0.138 e. The van der Waals surface area contributed by atoms with Crippen LogP contribution in [0.5, 0.6) is 23.0 Å². The molecule has 3 rings (SSSR count). The monoisotopic (exact) mass is 298 g/mol. The summed E-state index contributed by atoms with van der Waals surface area (Å²) in [5.41, 5.74) is 0. The number of rotatable bonds is 4. The van der Waals surface area contributed by atoms with Gasteiger partial charge in [-0.3, -0.25) is 0 Å². The fourth-order valence-electron chi connectivity index (χ4n) is 2.93. The number of benzene rings is 3. The van der Waals surface area contributed by atoms with Crippen molar-refractivity contribution in [2.75, 3.05) is 28.4 Å². The van der Waals surface area contributed by atoms with Crippen LogP contribution in [0.2, 0.25) is 0 Å². The van der Waals surface area contributed by atoms with Crippen molar-refractivity contribution in [1.29, 1.82) is 0 Å². The fraction of sp³-hybridized carbons (Fsp3) is 0.222. The van der Waals surface area contributed by atoms with Crippen molar-refractivity contribution < 1.29 is 18.9 Å². The van der Waals surface area contributed by atoms with E-state index in [-0.39, 0.29) is 0 Å². The summed E-state index contributed by atoms with van der Waals surface area (Å²) in [7, 11) is 6.60. The summed E-state index contributed by atoms with van der Waals surface area (Å²) < 4.78 is 22.4. The largest absolute Gasteiger partial charge is 0.496 e. The second-order valence-electron chi connectivity index (χ2n) is 4.83. The first-order valence-electron chi connectivity index (χ1n) is 6.94. The maximum absolute atomic E-state index is 5.69. The second kappa shape index (κ2) is 5.64. The second-order valence-corrected chi connectivity index (χ2v) is 4.83. The zero-order chi connectivity index (χ0) is 15.7. The van der Waals surface area contributed by atoms with E-state index in [0.29, 0.717) is 0 Å². The molecule has 0 spiro atoms. The first-order valence-corrected chi connectivity index (χ1v) is 6.94. The van der Waals surface area contributed by atoms with E-state index in [1.165, 1.54) is 0 Å². The molecule has 0 aromatic heterocycles. The Morgan fingerprint density at radius 3 is 1.27 bits per heavy atom. The number of ether oxygens (including phenoxy) is 4. The average Bonchev–Trinajstić information content (AvgIpc) is 2.58. The van der Waals surface area contributed by atoms with Gasteiger partial charge in [-0.1, -0.05) is 24.3 Å². The third-order valence-electron chi connectivity index (χ3n) is 3.85. The van der Waals surface area contributed by atoms with Crippen LogP contribution in [0.4, 0.5) is 0 Å². The van der Waals surface area contributed by atoms with Crippen molar-refractivity contribution >= 4 is 21.5 Å². The normalized spacial score (nSPS) is 10.7. The number of hydrogen-bond donors (Lipinski definition) is 0. The molecule has 3 aromatic carbocycles. The first-order chi connectivity index (χ1) is 10.8. The van der Waals surface area contributed by atoms with Crippen LogP contribution in [-0.4, -0.2) is 28.4 Å². The lowest BCUT2D eigenvalue weighted by Gasteiger charge is -2.18. The van der Waals surface area contributed by atoms with Crippen LogP contribution in [0, 0.1) is 0 Å². The molecule has 0 radical (unpaired) electrons. The van der Waals surface area contributed by atoms with Gasteiger partial charge in [-0.25, -0.2) is 0 Å². The van der Waals surface area contributed by atoms with Crippen molar-refractivity contribution in [3.63, 3.8) is 0 Å². The molecular formula is C18H18O4. The highest BCUT2D eigenvalue weighted by molar-refractivity contribution is 6.15. The van der Waals surface area contributed by atoms with Crippen LogP contribution >= 0.6 is 0 Å². The summed E-state index contributed by atoms with van der Waals surface area (Å²) in [5.74, 6) is 2.94. The van der Waals surface area contributed by atoms with Crippen molar-refractivity contribution in [3.05, 3.63) is 36.4 Å². The highest BCUT2D eigenvalue weighted by Gasteiger charge is 2.21. The number of hydrogen-bond acceptors (Lipinski definition) is 4. The van der Waals surface area contributed by atoms with E-state index in [1.807, 2.05) is 36.4 Å². The van der Waals surface area contributed by atoms with Gasteiger partial charge in [0.25, 0.3) is 0 Å². The van der Waals surface area contributed by atoms with E-state index in [1.54, 1.807) is 28.4 Å². The first kappa shape index (κ1) is 14.3. The van der Waals surface area contributed by atoms with Gasteiger partial charge in [0.2, 0.25) is 0 Å². The zero-order valence-corrected chi connectivity index (χ0v) is 13.1. The molecule has 0 heterocycles. The molecule has 0 fully saturated rings. The van der Waals surface area contributed by atoms with Gasteiger partial charge in [-0.2, -0.15) is 0 Å². The highest BCUT2D eigenvalue weighted by Crippen LogP contribution is 2.49. The summed E-state index contributed by atoms with van der Waals surface area (Å²) in [6.45, 7) is 0. The predicted molar refractivity (Wildman–Crippen MR) is 87.7 cm³/mol. The van der Waals surface area contributed by atoms with Gasteiger partial charge in [0.1, 0.15) is 23.0 Å². The lowest BCUT2D eigenvalue weighted by atomic mass is 9.99. The molecule has 4 heteroatoms. The highest BCUT2D eigenvalue weighted by atomic mass is 16.5. The maximum Gasteiger partial charge on any atom is 0.138 e. The Morgan fingerprint density at radius 1 is 0.545 bits per heavy atom. The minimum atomic E-state index is 0.719. The Balaban J connectivity index is 2.66. The van der Waals surface area contributed by atoms with E-state index < -0.39 is 0 Å². The Hall–Kier alpha value is -2.62. The van der Waals surface area contributed by atoms with Gasteiger partial charge in [0.15, 0.2) is 0 Å². The number of fused-ring (bicyclic) bond motifs is 2. The molecule has 4 nitrogen and oxygen atoms in total. The lowest BCUT2D eigenvalue weighted by molar-refractivity contribution is 0.396. The van der Waals surface area contributed by atoms with Gasteiger partial charge in [-0.15, -0.1) is 0 Å². The molecule has 0 aliphatic heterocycles. The molecule has 0 atom stereocenters. The quantitative estimate of drug-likeness (QED) is 0.682. The summed E-state index contributed by atoms with van der Waals surface area (Å²) in [4.78, 5) is 0. The van der Waals surface area contributed by atoms with E-state index >= 15 is 0 Å². The molecule has 22 heavy (non-hydrogen) atoms. The molecule has 0 saturated carbocycles. The van der Waals surface area contributed by atoms with Crippen LogP contribution in [0.15, 0.2) is 36.4 Å². The molecule has 0 aliphatic carbocycles. The fourth-order valence-corrected chi connectivity index (χ4v) is 2.93. The summed E-state index contributed by atoms with van der Waals surface area (Å²) in [5, 5.41) is 3.64. The predicted octanol–water partition coefficient (Wildman–Crippen LogP) is 4.03. The van der Waals surface area contributed by atoms with Crippen LogP contribution in [0.25, 0.3) is 21.5 Å². The molecule has 0 unspecified atom stereocenters. The van der Waals surface area contributed by atoms with Crippen LogP contribution in [0.3, 0.4) is 0 Å². The van der Waals surface area contributed by atoms with Gasteiger partial charge in [0, 0.05) is 10.8 Å². The van der Waals surface area contributed by atoms with E-state index in [2.05, 4.69) is 0 Å². The molecule has 0 amide bonds. The van der Waals surface area contributed by atoms with E-state index in [0.717, 1.165) is 44.5 Å². The summed E-state index contributed by atoms with van der Waals surface area (Å²) >= 11 is 0. The molecule has 114 valence electrons. The molecule has 0 bridgehead atoms. The van der Waals surface area contributed by atoms with Gasteiger partial charge in [0.05, 0.1) is 39.2 Å². The third-order valence-corrected chi connectivity index (χ3v) is 3.85. The lowest BCUT2D eigenvalue weighted by Crippen LogP contribution is -1.97. The maximum atomic E-state index is 5.69. The van der Waals surface area contributed by atoms with Crippen LogP contribution in [-0.2, 0) is 0 Å². The van der Waals surface area contributed by atoms with Crippen molar-refractivity contribution in [3.8, 4) is 23.0 Å². The summed E-state index contributed by atoms with van der Waals surface area (Å²) in [6.07, 6.45) is 0. The van der Waals surface area contributed by atoms with Crippen molar-refractivity contribution in [1.82, 2.24) is 0 Å². The van der Waals surface area contributed by atoms with Crippen molar-refractivity contribution in [2.24, 2.45) is 0 Å². The minimum Gasteiger partial charge on any atom is -0.496 e. The van der Waals surface area contributed by atoms with Gasteiger partial charge < -0.3 is 18.9 Å². The van der Waals surface area contributed by atoms with Crippen LogP contribution < -0.4 is 18.9 Å². The number of methoxy groups -OCH3 is 4. The molecule has 3 aromatic rings. The zero-order valence-electron chi connectivity index (χ0n) is 13.1. The topological polar surface area (TPSA) is 36.9 Å². The standard InChI is InChI=1S/C18H18O4/c1-19-13-9-10-14(20-2)16-15(13)17(21-3)11-7-5-6-8-12(11)18(16)22-4/h5-10H,1-4H3. The molecule has 0 saturated heterocycles. The van der Waals surface area contributed by atoms with Gasteiger partial charge >= 0.3 is 0 Å². The third kappa shape index (κ3) is 1.91. The molecular weight excluding hydrogens is 280 g/mol.